The average molecular weight is 351 g/mol. The van der Waals surface area contributed by atoms with Crippen molar-refractivity contribution in [3.63, 3.8) is 0 Å². The molecule has 0 saturated heterocycles. The van der Waals surface area contributed by atoms with Crippen molar-refractivity contribution in [3.8, 4) is 0 Å². The molecule has 0 aromatic carbocycles. The van der Waals surface area contributed by atoms with Gasteiger partial charge in [-0.2, -0.15) is 4.98 Å². The molecular weight excluding hydrogens is 323 g/mol. The molecule has 0 aliphatic carbocycles. The molecule has 0 atom stereocenters. The van der Waals surface area contributed by atoms with Crippen LogP contribution in [0.15, 0.2) is 5.16 Å². The Balaban J connectivity index is 0.00000441. The average Bonchev–Trinajstić information content (AvgIpc) is 2.44. The third-order valence-corrected chi connectivity index (χ3v) is 3.83. The van der Waals surface area contributed by atoms with Crippen molar-refractivity contribution in [2.24, 2.45) is 0 Å². The van der Waals surface area contributed by atoms with Crippen LogP contribution in [0.4, 0.5) is 5.95 Å². The summed E-state index contributed by atoms with van der Waals surface area (Å²) in [5.41, 5.74) is 0. The summed E-state index contributed by atoms with van der Waals surface area (Å²) in [4.78, 5) is 10.8. The molecule has 120 valence electrons. The first-order chi connectivity index (χ1) is 10.2. The van der Waals surface area contributed by atoms with Gasteiger partial charge in [-0.15, -0.1) is 0 Å². The molecule has 7 heteroatoms. The minimum absolute atomic E-state index is 0. The molecule has 0 radical (unpaired) electrons. The van der Waals surface area contributed by atoms with E-state index in [9.17, 15) is 0 Å². The third-order valence-electron chi connectivity index (χ3n) is 3.45. The van der Waals surface area contributed by atoms with Gasteiger partial charge in [0.1, 0.15) is 0 Å². The maximum absolute atomic E-state index is 4.96. The number of nitrogens with one attached hydrogen (secondary N) is 2. The van der Waals surface area contributed by atoms with E-state index in [-0.39, 0.29) is 29.6 Å². The summed E-state index contributed by atoms with van der Waals surface area (Å²) >= 11 is 9.89. The van der Waals surface area contributed by atoms with E-state index in [4.69, 9.17) is 24.8 Å². The van der Waals surface area contributed by atoms with Crippen LogP contribution in [0.2, 0.25) is 0 Å². The minimum atomic E-state index is 0. The van der Waals surface area contributed by atoms with Gasteiger partial charge in [-0.1, -0.05) is 64.7 Å². The van der Waals surface area contributed by atoms with Crippen molar-refractivity contribution >= 4 is 30.8 Å². The van der Waals surface area contributed by atoms with E-state index in [1.807, 2.05) is 0 Å². The third kappa shape index (κ3) is 11.8. The number of hydrogen-bond acceptors (Lipinski definition) is 5. The fraction of sp³-hybridized carbons (Fsp3) is 0.800. The van der Waals surface area contributed by atoms with E-state index < -0.39 is 0 Å². The van der Waals surface area contributed by atoms with Crippen LogP contribution in [0.3, 0.4) is 0 Å². The largest absolute Gasteiger partial charge is 1.00 e. The number of H-pyrrole nitrogens is 1. The van der Waals surface area contributed by atoms with Gasteiger partial charge in [-0.3, -0.25) is 0 Å². The number of hydrogen-bond donors (Lipinski definition) is 2. The summed E-state index contributed by atoms with van der Waals surface area (Å²) in [5.74, 6) is 0.635. The molecule has 2 N–H and O–H groups in total. The molecule has 0 amide bonds. The smallest absolute Gasteiger partial charge is 0.742 e. The second kappa shape index (κ2) is 14.8. The Morgan fingerprint density at radius 1 is 0.955 bits per heavy atom. The standard InChI is InChI=1S/C15H28N4S2.Na/c1-2-3-4-5-6-7-8-9-10-11-12-16-13-17-14(20)19-15(21)18-13;/h2-12H2,1H3,(H3,16,17,18,19,20,21);/q;+1/p-1. The minimum Gasteiger partial charge on any atom is -0.742 e. The Labute approximate surface area is 167 Å². The Morgan fingerprint density at radius 3 is 2.05 bits per heavy atom. The summed E-state index contributed by atoms with van der Waals surface area (Å²) in [5, 5.41) is 3.60. The number of nitrogens with zero attached hydrogens (tertiary/aromatic N) is 2. The van der Waals surface area contributed by atoms with Crippen LogP contribution in [-0.2, 0) is 12.6 Å². The fourth-order valence-corrected chi connectivity index (χ4v) is 2.69. The number of anilines is 1. The van der Waals surface area contributed by atoms with E-state index >= 15 is 0 Å². The molecule has 0 spiro atoms. The van der Waals surface area contributed by atoms with E-state index in [1.54, 1.807) is 0 Å². The molecular formula is C15H27N4NaS2. The maximum atomic E-state index is 4.96. The fourth-order valence-electron chi connectivity index (χ4n) is 2.27. The van der Waals surface area contributed by atoms with Gasteiger partial charge in [0.25, 0.3) is 0 Å². The van der Waals surface area contributed by atoms with Crippen LogP contribution >= 0.6 is 12.2 Å². The monoisotopic (exact) mass is 350 g/mol. The van der Waals surface area contributed by atoms with Crippen LogP contribution in [0.25, 0.3) is 0 Å². The van der Waals surface area contributed by atoms with Gasteiger partial charge in [-0.05, 0) is 23.8 Å². The van der Waals surface area contributed by atoms with Crippen molar-refractivity contribution < 1.29 is 29.6 Å². The zero-order chi connectivity index (χ0) is 15.3. The van der Waals surface area contributed by atoms with Crippen LogP contribution < -0.4 is 34.9 Å². The van der Waals surface area contributed by atoms with E-state index in [0.717, 1.165) is 13.0 Å². The predicted octanol–water partition coefficient (Wildman–Crippen LogP) is 1.78. The Hall–Kier alpha value is 0.250. The first-order valence-electron chi connectivity index (χ1n) is 8.11. The van der Waals surface area contributed by atoms with Gasteiger partial charge >= 0.3 is 29.6 Å². The number of rotatable bonds is 12. The maximum Gasteiger partial charge on any atom is 1.00 e. The molecule has 0 saturated carbocycles. The molecule has 0 aliphatic rings. The van der Waals surface area contributed by atoms with Crippen LogP contribution in [0, 0.1) is 4.77 Å². The molecule has 0 fully saturated rings. The quantitative estimate of drug-likeness (QED) is 0.260. The van der Waals surface area contributed by atoms with Crippen LogP contribution in [0.5, 0.6) is 0 Å². The van der Waals surface area contributed by atoms with Crippen molar-refractivity contribution in [1.29, 1.82) is 0 Å². The summed E-state index contributed by atoms with van der Waals surface area (Å²) in [6.45, 7) is 3.16. The number of unbranched alkanes of at least 4 members (excludes halogenated alkanes) is 9. The Morgan fingerprint density at radius 2 is 1.50 bits per heavy atom. The Kier molecular flexibility index (Phi) is 15.0. The summed E-state index contributed by atoms with van der Waals surface area (Å²) < 4.78 is 0.296. The first kappa shape index (κ1) is 22.2. The summed E-state index contributed by atoms with van der Waals surface area (Å²) in [6, 6.07) is 0. The van der Waals surface area contributed by atoms with E-state index in [0.29, 0.717) is 15.9 Å². The molecule has 0 aliphatic heterocycles. The van der Waals surface area contributed by atoms with Crippen LogP contribution in [-0.4, -0.2) is 21.5 Å². The Bertz CT molecular complexity index is 440. The first-order valence-corrected chi connectivity index (χ1v) is 8.93. The summed E-state index contributed by atoms with van der Waals surface area (Å²) in [7, 11) is 0. The molecule has 1 aromatic rings. The molecule has 1 heterocycles. The molecule has 0 bridgehead atoms. The van der Waals surface area contributed by atoms with Crippen LogP contribution in [0.1, 0.15) is 71.1 Å². The van der Waals surface area contributed by atoms with Gasteiger partial charge in [-0.25, -0.2) is 4.98 Å². The second-order valence-electron chi connectivity index (χ2n) is 5.39. The predicted molar refractivity (Wildman–Crippen MR) is 93.2 cm³/mol. The van der Waals surface area contributed by atoms with Gasteiger partial charge in [0.15, 0.2) is 0 Å². The SMILES string of the molecule is CCCCCCCCCCCCNc1nc(=S)nc([S-])[nH]1.[Na+]. The van der Waals surface area contributed by atoms with Gasteiger partial charge < -0.3 is 22.9 Å². The second-order valence-corrected chi connectivity index (χ2v) is 6.15. The van der Waals surface area contributed by atoms with E-state index in [2.05, 4.69) is 27.2 Å². The zero-order valence-electron chi connectivity index (χ0n) is 14.0. The number of aromatic nitrogens is 3. The summed E-state index contributed by atoms with van der Waals surface area (Å²) in [6.07, 6.45) is 13.4. The van der Waals surface area contributed by atoms with Crippen molar-refractivity contribution in [1.82, 2.24) is 15.0 Å². The van der Waals surface area contributed by atoms with Crippen molar-refractivity contribution in [3.05, 3.63) is 4.77 Å². The normalized spacial score (nSPS) is 10.2. The van der Waals surface area contributed by atoms with Crippen molar-refractivity contribution in [2.75, 3.05) is 11.9 Å². The molecule has 4 nitrogen and oxygen atoms in total. The topological polar surface area (TPSA) is 53.6 Å². The molecule has 22 heavy (non-hydrogen) atoms. The molecule has 0 unspecified atom stereocenters. The zero-order valence-corrected chi connectivity index (χ0v) is 17.6. The van der Waals surface area contributed by atoms with Gasteiger partial charge in [0.2, 0.25) is 10.7 Å². The van der Waals surface area contributed by atoms with Gasteiger partial charge in [0, 0.05) is 6.54 Å². The number of aromatic amines is 1. The molecule has 1 rings (SSSR count). The van der Waals surface area contributed by atoms with E-state index in [1.165, 1.54) is 57.8 Å². The molecule has 1 aromatic heterocycles. The van der Waals surface area contributed by atoms with Gasteiger partial charge in [0.05, 0.1) is 0 Å². The van der Waals surface area contributed by atoms with Crippen molar-refractivity contribution in [2.45, 2.75) is 76.3 Å².